The van der Waals surface area contributed by atoms with Gasteiger partial charge < -0.3 is 4.74 Å². The van der Waals surface area contributed by atoms with Gasteiger partial charge in [-0.1, -0.05) is 103 Å². The Morgan fingerprint density at radius 3 is 0.630 bits per heavy atom. The van der Waals surface area contributed by atoms with Crippen LogP contribution in [-0.4, -0.2) is 18.6 Å². The van der Waals surface area contributed by atoms with Crippen molar-refractivity contribution in [2.45, 2.75) is 69.1 Å². The summed E-state index contributed by atoms with van der Waals surface area (Å²) in [6.45, 7) is 5.02. The molecule has 0 radical (unpaired) electrons. The molecule has 0 N–H and O–H groups in total. The number of ether oxygens (including phenoxy) is 1. The van der Waals surface area contributed by atoms with Crippen LogP contribution in [0.3, 0.4) is 0 Å². The van der Waals surface area contributed by atoms with E-state index < -0.39 is 202 Å². The van der Waals surface area contributed by atoms with Crippen molar-refractivity contribution in [1.29, 1.82) is 0 Å². The highest BCUT2D eigenvalue weighted by molar-refractivity contribution is 7.96. The summed E-state index contributed by atoms with van der Waals surface area (Å²) in [5.74, 6) is 0.120. The standard InChI is InChI=1S/C32H12BF24.C22H24OP/c34-25(35,36)13-1-14(26(37,38)39)6-21(5-13)33(22-7-15(27(40,41)42)2-16(8-22)28(43,44)45,23-9-17(29(46,47)48)3-18(10-23)30(49,50)51)24-11-19(31(52,53)54)4-20(12-24)32(55,56)57;1-3-23-19(2)24(20-13-7-4-8-14-20,21-15-9-5-10-16-21)22-17-11-6-12-18-22/h1-12H;4-19H,3H2,1-2H3/q-1;+1. The highest BCUT2D eigenvalue weighted by atomic mass is 31.2. The molecule has 81 heavy (non-hydrogen) atoms. The number of halogens is 24. The van der Waals surface area contributed by atoms with Crippen molar-refractivity contribution in [3.05, 3.63) is 208 Å². The molecule has 7 aromatic carbocycles. The summed E-state index contributed by atoms with van der Waals surface area (Å²) in [6.07, 6.45) is -54.8. The third kappa shape index (κ3) is 13.8. The average molecular weight is 1200 g/mol. The van der Waals surface area contributed by atoms with Gasteiger partial charge in [-0.15, -0.1) is 0 Å². The fourth-order valence-corrected chi connectivity index (χ4v) is 13.9. The van der Waals surface area contributed by atoms with Crippen molar-refractivity contribution < 1.29 is 110 Å². The molecule has 0 bridgehead atoms. The second-order valence-electron chi connectivity index (χ2n) is 18.0. The molecule has 0 saturated carbocycles. The number of hydrogen-bond donors (Lipinski definition) is 0. The van der Waals surface area contributed by atoms with Crippen LogP contribution in [0, 0.1) is 0 Å². The molecule has 0 aromatic heterocycles. The lowest BCUT2D eigenvalue weighted by Gasteiger charge is -2.46. The first kappa shape index (κ1) is 63.5. The highest BCUT2D eigenvalue weighted by Crippen LogP contribution is 2.60. The molecule has 1 unspecified atom stereocenters. The minimum atomic E-state index is -6.13. The minimum Gasteiger partial charge on any atom is -0.343 e. The maximum Gasteiger partial charge on any atom is 0.416 e. The molecule has 7 aromatic rings. The third-order valence-corrected chi connectivity index (χ3v) is 17.5. The lowest BCUT2D eigenvalue weighted by atomic mass is 9.12. The predicted molar refractivity (Wildman–Crippen MR) is 256 cm³/mol. The first-order valence-corrected chi connectivity index (χ1v) is 24.9. The number of benzene rings is 7. The largest absolute Gasteiger partial charge is 0.416 e. The molecular formula is C54H36BF24OP. The zero-order valence-electron chi connectivity index (χ0n) is 40.9. The maximum atomic E-state index is 14.2. The van der Waals surface area contributed by atoms with E-state index in [1.54, 1.807) is 0 Å². The van der Waals surface area contributed by atoms with Gasteiger partial charge in [-0.05, 0) is 74.5 Å². The minimum absolute atomic E-state index is 0.120. The third-order valence-electron chi connectivity index (χ3n) is 12.9. The second-order valence-corrected chi connectivity index (χ2v) is 21.7. The lowest BCUT2D eigenvalue weighted by molar-refractivity contribution is -0.144. The molecule has 434 valence electrons. The van der Waals surface area contributed by atoms with E-state index in [-0.39, 0.29) is 5.85 Å². The van der Waals surface area contributed by atoms with Crippen molar-refractivity contribution in [1.82, 2.24) is 0 Å². The van der Waals surface area contributed by atoms with Crippen molar-refractivity contribution in [2.75, 3.05) is 6.61 Å². The Morgan fingerprint density at radius 2 is 0.481 bits per heavy atom. The van der Waals surface area contributed by atoms with Crippen molar-refractivity contribution >= 4 is 51.2 Å². The van der Waals surface area contributed by atoms with Gasteiger partial charge >= 0.3 is 49.4 Å². The quantitative estimate of drug-likeness (QED) is 0.0753. The Labute approximate surface area is 444 Å². The average Bonchev–Trinajstić information content (AvgIpc) is 3.02. The van der Waals surface area contributed by atoms with E-state index >= 15 is 0 Å². The Morgan fingerprint density at radius 1 is 0.309 bits per heavy atom. The molecule has 0 heterocycles. The summed E-state index contributed by atoms with van der Waals surface area (Å²) < 4.78 is 347. The fourth-order valence-electron chi connectivity index (χ4n) is 9.49. The molecule has 1 atom stereocenters. The topological polar surface area (TPSA) is 9.23 Å². The lowest BCUT2D eigenvalue weighted by Crippen LogP contribution is -2.75. The van der Waals surface area contributed by atoms with E-state index in [0.29, 0.717) is 0 Å². The first-order chi connectivity index (χ1) is 37.1. The summed E-state index contributed by atoms with van der Waals surface area (Å²) in [7, 11) is -1.88. The SMILES string of the molecule is CCOC(C)[P+](c1ccccc1)(c1ccccc1)c1ccccc1.FC(F)(F)c1cc([B-](c2cc(C(F)(F)F)cc(C(F)(F)F)c2)(c2cc(C(F)(F)F)cc(C(F)(F)F)c2)c2cc(C(F)(F)F)cc(C(F)(F)F)c2)cc(C(F)(F)F)c1. The summed E-state index contributed by atoms with van der Waals surface area (Å²) in [4.78, 5) is 0. The second kappa shape index (κ2) is 22.6. The van der Waals surface area contributed by atoms with Crippen molar-refractivity contribution in [3.63, 3.8) is 0 Å². The van der Waals surface area contributed by atoms with Gasteiger partial charge in [-0.3, -0.25) is 0 Å². The Bertz CT molecular complexity index is 2750. The number of alkyl halides is 24. The fraction of sp³-hybridized carbons (Fsp3) is 0.222. The highest BCUT2D eigenvalue weighted by Gasteiger charge is 2.52. The first-order valence-electron chi connectivity index (χ1n) is 23.1. The normalized spacial score (nSPS) is 13.9. The summed E-state index contributed by atoms with van der Waals surface area (Å²) in [6, 6.07) is 23.8. The molecule has 7 rings (SSSR count). The van der Waals surface area contributed by atoms with Crippen LogP contribution in [0.15, 0.2) is 164 Å². The van der Waals surface area contributed by atoms with Crippen LogP contribution in [0.5, 0.6) is 0 Å². The molecular weight excluding hydrogens is 1160 g/mol. The zero-order valence-corrected chi connectivity index (χ0v) is 41.8. The van der Waals surface area contributed by atoms with E-state index in [0.717, 1.165) is 6.61 Å². The Balaban J connectivity index is 0.000000363. The predicted octanol–water partition coefficient (Wildman–Crippen LogP) is 15.6. The molecule has 27 heteroatoms. The monoisotopic (exact) mass is 1200 g/mol. The van der Waals surface area contributed by atoms with Gasteiger partial charge in [0.05, 0.1) is 44.5 Å². The van der Waals surface area contributed by atoms with E-state index in [2.05, 4.69) is 105 Å². The molecule has 0 saturated heterocycles. The van der Waals surface area contributed by atoms with Crippen LogP contribution < -0.4 is 37.8 Å². The van der Waals surface area contributed by atoms with Crippen molar-refractivity contribution in [2.24, 2.45) is 0 Å². The number of rotatable bonds is 10. The summed E-state index contributed by atoms with van der Waals surface area (Å²) in [5, 5.41) is 4.09. The summed E-state index contributed by atoms with van der Waals surface area (Å²) >= 11 is 0. The smallest absolute Gasteiger partial charge is 0.343 e. The van der Waals surface area contributed by atoms with Crippen LogP contribution in [0.2, 0.25) is 0 Å². The van der Waals surface area contributed by atoms with Crippen LogP contribution in [0.4, 0.5) is 105 Å². The summed E-state index contributed by atoms with van der Waals surface area (Å²) in [5.41, 5.74) is -30.2. The van der Waals surface area contributed by atoms with Gasteiger partial charge in [0.2, 0.25) is 0 Å². The Kier molecular flexibility index (Phi) is 17.7. The van der Waals surface area contributed by atoms with Gasteiger partial charge in [0.25, 0.3) is 0 Å². The molecule has 0 amide bonds. The molecule has 0 fully saturated rings. The van der Waals surface area contributed by atoms with E-state index in [9.17, 15) is 105 Å². The van der Waals surface area contributed by atoms with Crippen LogP contribution in [-0.2, 0) is 54.1 Å². The van der Waals surface area contributed by atoms with Gasteiger partial charge in [-0.2, -0.15) is 127 Å². The van der Waals surface area contributed by atoms with Gasteiger partial charge in [-0.25, -0.2) is 0 Å². The molecule has 0 aliphatic rings. The van der Waals surface area contributed by atoms with Crippen LogP contribution >= 0.6 is 7.26 Å². The molecule has 0 spiro atoms. The van der Waals surface area contributed by atoms with Crippen molar-refractivity contribution in [3.8, 4) is 0 Å². The zero-order chi connectivity index (χ0) is 60.7. The van der Waals surface area contributed by atoms with E-state index in [4.69, 9.17) is 4.74 Å². The van der Waals surface area contributed by atoms with Gasteiger partial charge in [0.15, 0.2) is 5.85 Å². The molecule has 0 aliphatic heterocycles. The van der Waals surface area contributed by atoms with Crippen LogP contribution in [0.1, 0.15) is 58.4 Å². The van der Waals surface area contributed by atoms with Gasteiger partial charge in [0, 0.05) is 6.61 Å². The number of hydrogen-bond acceptors (Lipinski definition) is 1. The maximum absolute atomic E-state index is 14.2. The molecule has 0 aliphatic carbocycles. The molecule has 1 nitrogen and oxygen atoms in total. The van der Waals surface area contributed by atoms with E-state index in [1.807, 2.05) is 0 Å². The van der Waals surface area contributed by atoms with Gasteiger partial charge in [0.1, 0.15) is 29.3 Å². The Hall–Kier alpha value is -6.69. The van der Waals surface area contributed by atoms with E-state index in [1.165, 1.54) is 15.9 Å². The van der Waals surface area contributed by atoms with Crippen LogP contribution in [0.25, 0.3) is 0 Å².